The van der Waals surface area contributed by atoms with Crippen LogP contribution >= 0.6 is 0 Å². The summed E-state index contributed by atoms with van der Waals surface area (Å²) in [5, 5.41) is 0. The van der Waals surface area contributed by atoms with Crippen LogP contribution < -0.4 is 0 Å². The highest BCUT2D eigenvalue weighted by Crippen LogP contribution is 2.47. The minimum Gasteiger partial charge on any atom is -0.456 e. The van der Waals surface area contributed by atoms with Gasteiger partial charge < -0.3 is 4.74 Å². The van der Waals surface area contributed by atoms with Gasteiger partial charge in [0.25, 0.3) is 0 Å². The van der Waals surface area contributed by atoms with Crippen LogP contribution in [0.2, 0.25) is 0 Å². The first-order chi connectivity index (χ1) is 9.39. The second kappa shape index (κ2) is 5.49. The Bertz CT molecular complexity index is 523. The van der Waals surface area contributed by atoms with Gasteiger partial charge in [-0.05, 0) is 17.7 Å². The van der Waals surface area contributed by atoms with E-state index >= 15 is 0 Å². The maximum absolute atomic E-state index is 12.9. The number of hydrogen-bond donors (Lipinski definition) is 0. The Labute approximate surface area is 112 Å². The summed E-state index contributed by atoms with van der Waals surface area (Å²) >= 11 is 0. The highest BCUT2D eigenvalue weighted by molar-refractivity contribution is 5.79. The second-order valence-corrected chi connectivity index (χ2v) is 3.85. The van der Waals surface area contributed by atoms with Crippen molar-refractivity contribution in [1.82, 2.24) is 0 Å². The van der Waals surface area contributed by atoms with Crippen LogP contribution in [0, 0.1) is 5.82 Å². The lowest BCUT2D eigenvalue weighted by atomic mass is 10.1. The molecule has 21 heavy (non-hydrogen) atoms. The quantitative estimate of drug-likeness (QED) is 0.624. The van der Waals surface area contributed by atoms with Crippen molar-refractivity contribution in [1.29, 1.82) is 0 Å². The Morgan fingerprint density at radius 1 is 1.05 bits per heavy atom. The molecule has 0 aliphatic rings. The molecule has 0 radical (unpaired) electrons. The average Bonchev–Trinajstić information content (AvgIpc) is 2.34. The third-order valence-corrected chi connectivity index (χ3v) is 2.27. The number of carbonyl (C=O) groups excluding carboxylic acids is 1. The third-order valence-electron chi connectivity index (χ3n) is 2.27. The van der Waals surface area contributed by atoms with E-state index in [1.54, 1.807) is 0 Å². The van der Waals surface area contributed by atoms with Crippen LogP contribution in [-0.4, -0.2) is 24.0 Å². The molecular weight excluding hydrogens is 316 g/mol. The smallest absolute Gasteiger partial charge is 0.456 e. The second-order valence-electron chi connectivity index (χ2n) is 3.85. The molecular formula is C11H6F8O2. The molecule has 0 heterocycles. The van der Waals surface area contributed by atoms with E-state index in [-0.39, 0.29) is 5.56 Å². The molecule has 0 saturated carbocycles. The van der Waals surface area contributed by atoms with Crippen LogP contribution in [0.3, 0.4) is 0 Å². The molecule has 118 valence electrons. The van der Waals surface area contributed by atoms with Gasteiger partial charge in [0.2, 0.25) is 0 Å². The van der Waals surface area contributed by atoms with Crippen molar-refractivity contribution in [3.8, 4) is 0 Å². The number of esters is 1. The van der Waals surface area contributed by atoms with Crippen LogP contribution in [0.1, 0.15) is 5.56 Å². The van der Waals surface area contributed by atoms with Gasteiger partial charge in [-0.2, -0.15) is 30.7 Å². The van der Waals surface area contributed by atoms with Gasteiger partial charge in [-0.1, -0.05) is 12.1 Å². The maximum Gasteiger partial charge on any atom is 0.460 e. The molecule has 0 fully saturated rings. The van der Waals surface area contributed by atoms with Crippen LogP contribution in [0.25, 0.3) is 0 Å². The lowest BCUT2D eigenvalue weighted by Crippen LogP contribution is -2.56. The van der Waals surface area contributed by atoms with Gasteiger partial charge in [-0.15, -0.1) is 0 Å². The first-order valence-electron chi connectivity index (χ1n) is 5.13. The lowest BCUT2D eigenvalue weighted by Gasteiger charge is -2.26. The summed E-state index contributed by atoms with van der Waals surface area (Å²) in [6.07, 6.45) is -6.63. The molecule has 0 bridgehead atoms. The predicted octanol–water partition coefficient (Wildman–Crippen LogP) is 3.70. The molecule has 0 aromatic heterocycles. The number of benzene rings is 1. The SMILES string of the molecule is O=C(OCc1cccc(F)c1)C(F)(F)C(F)(F)C(F)(F)F. The first kappa shape index (κ1) is 17.2. The van der Waals surface area contributed by atoms with Gasteiger partial charge in [0.05, 0.1) is 0 Å². The van der Waals surface area contributed by atoms with Crippen molar-refractivity contribution in [2.75, 3.05) is 0 Å². The van der Waals surface area contributed by atoms with Gasteiger partial charge in [-0.3, -0.25) is 0 Å². The fourth-order valence-corrected chi connectivity index (χ4v) is 1.17. The first-order valence-corrected chi connectivity index (χ1v) is 5.13. The zero-order valence-corrected chi connectivity index (χ0v) is 9.86. The lowest BCUT2D eigenvalue weighted by molar-refractivity contribution is -0.348. The van der Waals surface area contributed by atoms with E-state index in [2.05, 4.69) is 4.74 Å². The summed E-state index contributed by atoms with van der Waals surface area (Å²) in [6, 6.07) is 3.88. The summed E-state index contributed by atoms with van der Waals surface area (Å²) in [6.45, 7) is -1.08. The predicted molar refractivity (Wildman–Crippen MR) is 52.1 cm³/mol. The largest absolute Gasteiger partial charge is 0.460 e. The van der Waals surface area contributed by atoms with Gasteiger partial charge in [0, 0.05) is 0 Å². The molecule has 0 saturated heterocycles. The summed E-state index contributed by atoms with van der Waals surface area (Å²) in [4.78, 5) is 10.8. The highest BCUT2D eigenvalue weighted by atomic mass is 19.4. The Balaban J connectivity index is 2.83. The average molecular weight is 322 g/mol. The van der Waals surface area contributed by atoms with Gasteiger partial charge in [0.15, 0.2) is 0 Å². The van der Waals surface area contributed by atoms with E-state index in [0.717, 1.165) is 24.3 Å². The molecule has 0 spiro atoms. The van der Waals surface area contributed by atoms with Crippen LogP contribution in [0.5, 0.6) is 0 Å². The fourth-order valence-electron chi connectivity index (χ4n) is 1.17. The molecule has 1 aromatic rings. The third kappa shape index (κ3) is 3.42. The minimum atomic E-state index is -6.63. The number of carbonyl (C=O) groups is 1. The number of rotatable bonds is 4. The molecule has 0 amide bonds. The summed E-state index contributed by atoms with van der Waals surface area (Å²) in [7, 11) is 0. The van der Waals surface area contributed by atoms with Crippen molar-refractivity contribution < 1.29 is 44.7 Å². The Morgan fingerprint density at radius 2 is 1.62 bits per heavy atom. The Morgan fingerprint density at radius 3 is 2.10 bits per heavy atom. The molecule has 1 rings (SSSR count). The summed E-state index contributed by atoms with van der Waals surface area (Å²) in [5.74, 6) is -16.6. The zero-order valence-electron chi connectivity index (χ0n) is 9.86. The van der Waals surface area contributed by atoms with Crippen LogP contribution in [0.15, 0.2) is 24.3 Å². The van der Waals surface area contributed by atoms with Gasteiger partial charge >= 0.3 is 24.0 Å². The molecule has 0 N–H and O–H groups in total. The number of ether oxygens (including phenoxy) is 1. The van der Waals surface area contributed by atoms with E-state index in [0.29, 0.717) is 0 Å². The van der Waals surface area contributed by atoms with Crippen molar-refractivity contribution in [3.63, 3.8) is 0 Å². The number of halogens is 8. The Kier molecular flexibility index (Phi) is 4.49. The normalized spacial score (nSPS) is 13.1. The van der Waals surface area contributed by atoms with Crippen molar-refractivity contribution in [2.45, 2.75) is 24.6 Å². The van der Waals surface area contributed by atoms with Crippen molar-refractivity contribution in [3.05, 3.63) is 35.6 Å². The molecule has 0 aliphatic carbocycles. The molecule has 0 unspecified atom stereocenters. The van der Waals surface area contributed by atoms with E-state index in [1.807, 2.05) is 0 Å². The minimum absolute atomic E-state index is 0.200. The topological polar surface area (TPSA) is 26.3 Å². The highest BCUT2D eigenvalue weighted by Gasteiger charge is 2.77. The van der Waals surface area contributed by atoms with E-state index in [4.69, 9.17) is 0 Å². The number of hydrogen-bond acceptors (Lipinski definition) is 2. The fraction of sp³-hybridized carbons (Fsp3) is 0.364. The van der Waals surface area contributed by atoms with Crippen molar-refractivity contribution >= 4 is 5.97 Å². The van der Waals surface area contributed by atoms with E-state index in [1.165, 1.54) is 0 Å². The molecule has 0 atom stereocenters. The molecule has 1 aromatic carbocycles. The van der Waals surface area contributed by atoms with Gasteiger partial charge in [-0.25, -0.2) is 9.18 Å². The standard InChI is InChI=1S/C11H6F8O2/c12-7-3-1-2-6(4-7)5-21-8(20)9(13,14)10(15,16)11(17,18)19/h1-4H,5H2. The van der Waals surface area contributed by atoms with E-state index in [9.17, 15) is 39.9 Å². The molecule has 0 aliphatic heterocycles. The monoisotopic (exact) mass is 322 g/mol. The molecule has 10 heteroatoms. The molecule has 2 nitrogen and oxygen atoms in total. The number of alkyl halides is 7. The Hall–Kier alpha value is -1.87. The maximum atomic E-state index is 12.9. The van der Waals surface area contributed by atoms with Gasteiger partial charge in [0.1, 0.15) is 12.4 Å². The summed E-state index contributed by atoms with van der Waals surface area (Å²) < 4.78 is 103. The summed E-state index contributed by atoms with van der Waals surface area (Å²) in [5.41, 5.74) is -0.200. The van der Waals surface area contributed by atoms with Crippen molar-refractivity contribution in [2.24, 2.45) is 0 Å². The van der Waals surface area contributed by atoms with Crippen LogP contribution in [-0.2, 0) is 16.1 Å². The zero-order chi connectivity index (χ0) is 16.5. The van der Waals surface area contributed by atoms with E-state index < -0.39 is 36.4 Å². The van der Waals surface area contributed by atoms with Crippen LogP contribution in [0.4, 0.5) is 35.1 Å².